The van der Waals surface area contributed by atoms with Crippen molar-refractivity contribution in [2.75, 3.05) is 0 Å². The number of para-hydroxylation sites is 1. The molecule has 10 rings (SSSR count). The summed E-state index contributed by atoms with van der Waals surface area (Å²) in [4.78, 5) is 5.30. The summed E-state index contributed by atoms with van der Waals surface area (Å²) >= 11 is 0. The molecule has 0 atom stereocenters. The zero-order chi connectivity index (χ0) is 39.2. The Morgan fingerprint density at radius 1 is 0.448 bits per heavy atom. The fourth-order valence-corrected chi connectivity index (χ4v) is 8.68. The van der Waals surface area contributed by atoms with E-state index in [0.717, 1.165) is 34.0 Å². The Morgan fingerprint density at radius 2 is 0.983 bits per heavy atom. The van der Waals surface area contributed by atoms with Crippen LogP contribution in [0.2, 0.25) is 0 Å². The number of aromatic nitrogens is 3. The number of fused-ring (bicyclic) bond motifs is 3. The van der Waals surface area contributed by atoms with Crippen molar-refractivity contribution in [3.63, 3.8) is 0 Å². The molecule has 278 valence electrons. The second-order valence-corrected chi connectivity index (χ2v) is 15.4. The molecule has 0 fully saturated rings. The minimum Gasteiger partial charge on any atom is -0.309 e. The average molecular weight is 746 g/mol. The van der Waals surface area contributed by atoms with Crippen LogP contribution in [0.4, 0.5) is 0 Å². The van der Waals surface area contributed by atoms with E-state index < -0.39 is 0 Å². The zero-order valence-corrected chi connectivity index (χ0v) is 33.0. The van der Waals surface area contributed by atoms with Crippen LogP contribution in [0, 0.1) is 6.92 Å². The van der Waals surface area contributed by atoms with Crippen LogP contribution in [-0.4, -0.2) is 14.1 Å². The van der Waals surface area contributed by atoms with E-state index in [0.29, 0.717) is 5.92 Å². The van der Waals surface area contributed by atoms with Crippen LogP contribution in [0.3, 0.4) is 0 Å². The molecule has 58 heavy (non-hydrogen) atoms. The Balaban J connectivity index is 1.23. The lowest BCUT2D eigenvalue weighted by Gasteiger charge is -2.23. The van der Waals surface area contributed by atoms with Crippen molar-refractivity contribution in [3.8, 4) is 67.4 Å². The molecule has 2 heterocycles. The van der Waals surface area contributed by atoms with Crippen LogP contribution in [0.1, 0.15) is 30.9 Å². The summed E-state index contributed by atoms with van der Waals surface area (Å²) in [5, 5.41) is 2.51. The van der Waals surface area contributed by atoms with Gasteiger partial charge in [-0.25, -0.2) is 4.98 Å². The SMILES string of the molecule is Cc1cc(-c2ncc(-c3ccccc3)n2-c2c(-c3ccccc3)cc(C(C)C)cc2-c2ccccc2)ccc1-n1c2ccccc2c2c(-c3ccccc3)cccc21. The summed E-state index contributed by atoms with van der Waals surface area (Å²) in [5.74, 6) is 1.24. The first kappa shape index (κ1) is 35.2. The van der Waals surface area contributed by atoms with Crippen LogP contribution >= 0.6 is 0 Å². The smallest absolute Gasteiger partial charge is 0.145 e. The predicted molar refractivity (Wildman–Crippen MR) is 244 cm³/mol. The molecule has 0 saturated heterocycles. The van der Waals surface area contributed by atoms with E-state index >= 15 is 0 Å². The summed E-state index contributed by atoms with van der Waals surface area (Å²) in [5.41, 5.74) is 17.5. The number of hydrogen-bond donors (Lipinski definition) is 0. The number of nitrogens with zero attached hydrogens (tertiary/aromatic N) is 3. The summed E-state index contributed by atoms with van der Waals surface area (Å²) in [7, 11) is 0. The number of benzene rings is 8. The van der Waals surface area contributed by atoms with Crippen molar-refractivity contribution in [1.29, 1.82) is 0 Å². The van der Waals surface area contributed by atoms with Gasteiger partial charge >= 0.3 is 0 Å². The monoisotopic (exact) mass is 745 g/mol. The van der Waals surface area contributed by atoms with E-state index in [1.54, 1.807) is 0 Å². The Hall–Kier alpha value is -7.23. The molecular weight excluding hydrogens is 703 g/mol. The largest absolute Gasteiger partial charge is 0.309 e. The third kappa shape index (κ3) is 6.04. The highest BCUT2D eigenvalue weighted by atomic mass is 15.1. The van der Waals surface area contributed by atoms with E-state index in [-0.39, 0.29) is 0 Å². The van der Waals surface area contributed by atoms with Crippen LogP contribution in [0.15, 0.2) is 200 Å². The van der Waals surface area contributed by atoms with Crippen molar-refractivity contribution in [2.45, 2.75) is 26.7 Å². The summed E-state index contributed by atoms with van der Waals surface area (Å²) in [6.45, 7) is 6.79. The quantitative estimate of drug-likeness (QED) is 0.152. The molecule has 0 aliphatic rings. The Labute approximate surface area is 340 Å². The molecule has 3 heteroatoms. The van der Waals surface area contributed by atoms with E-state index in [1.807, 2.05) is 6.20 Å². The topological polar surface area (TPSA) is 22.8 Å². The maximum Gasteiger partial charge on any atom is 0.145 e. The fraction of sp³-hybridized carbons (Fsp3) is 0.0727. The Bertz CT molecular complexity index is 3000. The normalized spacial score (nSPS) is 11.5. The minimum atomic E-state index is 0.342. The molecule has 0 N–H and O–H groups in total. The molecule has 0 radical (unpaired) electrons. The van der Waals surface area contributed by atoms with Crippen LogP contribution in [0.25, 0.3) is 89.2 Å². The summed E-state index contributed by atoms with van der Waals surface area (Å²) in [6.07, 6.45) is 2.05. The van der Waals surface area contributed by atoms with Crippen LogP contribution in [0.5, 0.6) is 0 Å². The van der Waals surface area contributed by atoms with Gasteiger partial charge in [0.15, 0.2) is 0 Å². The third-order valence-corrected chi connectivity index (χ3v) is 11.5. The second kappa shape index (κ2) is 14.7. The van der Waals surface area contributed by atoms with E-state index in [2.05, 4.69) is 224 Å². The van der Waals surface area contributed by atoms with Gasteiger partial charge < -0.3 is 4.57 Å². The standard InChI is InChI=1S/C55H43N3/c1-37(2)44-34-47(40-21-10-5-11-22-40)54(48(35-44)41-23-12-6-13-24-41)58-52(42-25-14-7-15-26-42)36-56-55(58)43-31-32-49(38(3)33-43)57-50-29-17-16-27-46(50)53-45(28-18-30-51(53)57)39-19-8-4-9-20-39/h4-37H,1-3H3. The molecular formula is C55H43N3. The van der Waals surface area contributed by atoms with Gasteiger partial charge in [-0.05, 0) is 88.7 Å². The molecule has 0 aliphatic carbocycles. The van der Waals surface area contributed by atoms with Crippen molar-refractivity contribution < 1.29 is 0 Å². The molecule has 0 amide bonds. The summed E-state index contributed by atoms with van der Waals surface area (Å²) < 4.78 is 4.84. The van der Waals surface area contributed by atoms with Crippen molar-refractivity contribution in [1.82, 2.24) is 14.1 Å². The highest BCUT2D eigenvalue weighted by Crippen LogP contribution is 2.44. The Kier molecular flexibility index (Phi) is 8.92. The fourth-order valence-electron chi connectivity index (χ4n) is 8.68. The first-order valence-corrected chi connectivity index (χ1v) is 20.2. The van der Waals surface area contributed by atoms with E-state index in [9.17, 15) is 0 Å². The molecule has 0 spiro atoms. The number of hydrogen-bond acceptors (Lipinski definition) is 1. The molecule has 2 aromatic heterocycles. The van der Waals surface area contributed by atoms with Gasteiger partial charge in [-0.2, -0.15) is 0 Å². The van der Waals surface area contributed by atoms with Gasteiger partial charge in [-0.15, -0.1) is 0 Å². The van der Waals surface area contributed by atoms with E-state index in [4.69, 9.17) is 4.98 Å². The predicted octanol–water partition coefficient (Wildman–Crippen LogP) is 14.7. The maximum atomic E-state index is 5.30. The minimum absolute atomic E-state index is 0.342. The van der Waals surface area contributed by atoms with Gasteiger partial charge in [0.1, 0.15) is 5.82 Å². The molecule has 0 unspecified atom stereocenters. The lowest BCUT2D eigenvalue weighted by Crippen LogP contribution is -2.07. The molecule has 10 aromatic rings. The maximum absolute atomic E-state index is 5.30. The van der Waals surface area contributed by atoms with Gasteiger partial charge in [0, 0.05) is 38.7 Å². The van der Waals surface area contributed by atoms with Crippen LogP contribution < -0.4 is 0 Å². The highest BCUT2D eigenvalue weighted by Gasteiger charge is 2.25. The zero-order valence-electron chi connectivity index (χ0n) is 33.0. The Morgan fingerprint density at radius 3 is 1.57 bits per heavy atom. The van der Waals surface area contributed by atoms with Gasteiger partial charge in [-0.3, -0.25) is 4.57 Å². The van der Waals surface area contributed by atoms with Gasteiger partial charge in [0.25, 0.3) is 0 Å². The lowest BCUT2D eigenvalue weighted by atomic mass is 9.89. The summed E-state index contributed by atoms with van der Waals surface area (Å²) in [6, 6.07) is 70.1. The lowest BCUT2D eigenvalue weighted by molar-refractivity contribution is 0.866. The number of rotatable bonds is 8. The molecule has 0 aliphatic heterocycles. The molecule has 0 bridgehead atoms. The number of imidazole rings is 1. The third-order valence-electron chi connectivity index (χ3n) is 11.5. The van der Waals surface area contributed by atoms with Crippen molar-refractivity contribution in [3.05, 3.63) is 211 Å². The van der Waals surface area contributed by atoms with Gasteiger partial charge in [-0.1, -0.05) is 166 Å². The molecule has 8 aromatic carbocycles. The van der Waals surface area contributed by atoms with Crippen molar-refractivity contribution in [2.24, 2.45) is 0 Å². The van der Waals surface area contributed by atoms with Crippen molar-refractivity contribution >= 4 is 21.8 Å². The second-order valence-electron chi connectivity index (χ2n) is 15.4. The average Bonchev–Trinajstić information content (AvgIpc) is 3.87. The first-order valence-electron chi connectivity index (χ1n) is 20.2. The van der Waals surface area contributed by atoms with E-state index in [1.165, 1.54) is 66.3 Å². The van der Waals surface area contributed by atoms with Gasteiger partial charge in [0.2, 0.25) is 0 Å². The highest BCUT2D eigenvalue weighted by molar-refractivity contribution is 6.15. The number of aryl methyl sites for hydroxylation is 1. The first-order chi connectivity index (χ1) is 28.5. The van der Waals surface area contributed by atoms with Crippen LogP contribution in [-0.2, 0) is 0 Å². The molecule has 0 saturated carbocycles. The molecule has 3 nitrogen and oxygen atoms in total. The van der Waals surface area contributed by atoms with Gasteiger partial charge in [0.05, 0.1) is 28.6 Å².